The first-order valence-corrected chi connectivity index (χ1v) is 8.98. The zero-order valence-corrected chi connectivity index (χ0v) is 16.2. The van der Waals surface area contributed by atoms with Gasteiger partial charge < -0.3 is 20.5 Å². The lowest BCUT2D eigenvalue weighted by Crippen LogP contribution is -2.40. The number of methoxy groups -OCH3 is 1. The number of aliphatic carboxylic acids is 1. The van der Waals surface area contributed by atoms with Gasteiger partial charge in [-0.05, 0) is 48.9 Å². The maximum Gasteiger partial charge on any atom is 0.321 e. The molecule has 0 aliphatic heterocycles. The molecule has 144 valence electrons. The van der Waals surface area contributed by atoms with Gasteiger partial charge in [0.15, 0.2) is 0 Å². The molecule has 1 atom stereocenters. The topological polar surface area (TPSA) is 87.7 Å². The molecule has 1 unspecified atom stereocenters. The Morgan fingerprint density at radius 2 is 1.81 bits per heavy atom. The van der Waals surface area contributed by atoms with Gasteiger partial charge in [-0.2, -0.15) is 0 Å². The highest BCUT2D eigenvalue weighted by Gasteiger charge is 2.20. The van der Waals surface area contributed by atoms with Gasteiger partial charge in [0.25, 0.3) is 0 Å². The van der Waals surface area contributed by atoms with E-state index in [1.807, 2.05) is 24.3 Å². The van der Waals surface area contributed by atoms with E-state index < -0.39 is 17.9 Å². The third-order valence-electron chi connectivity index (χ3n) is 3.85. The Labute approximate surface area is 167 Å². The van der Waals surface area contributed by atoms with E-state index in [1.54, 1.807) is 19.2 Å². The SMILES string of the molecule is COc1ccc(CCNC(CC(=O)Nc2ccc(Cl)c(Cl)c2)C(=O)O)cc1. The van der Waals surface area contributed by atoms with Crippen LogP contribution in [0.5, 0.6) is 5.75 Å². The Kier molecular flexibility index (Phi) is 7.91. The highest BCUT2D eigenvalue weighted by molar-refractivity contribution is 6.42. The number of ether oxygens (including phenoxy) is 1. The van der Waals surface area contributed by atoms with Gasteiger partial charge in [-0.3, -0.25) is 9.59 Å². The molecular formula is C19H20Cl2N2O4. The monoisotopic (exact) mass is 410 g/mol. The highest BCUT2D eigenvalue weighted by atomic mass is 35.5. The minimum Gasteiger partial charge on any atom is -0.497 e. The molecule has 0 spiro atoms. The van der Waals surface area contributed by atoms with Crippen LogP contribution in [0.4, 0.5) is 5.69 Å². The second kappa shape index (κ2) is 10.2. The summed E-state index contributed by atoms with van der Waals surface area (Å²) in [4.78, 5) is 23.5. The van der Waals surface area contributed by atoms with Gasteiger partial charge in [0, 0.05) is 5.69 Å². The van der Waals surface area contributed by atoms with Crippen LogP contribution in [0.1, 0.15) is 12.0 Å². The van der Waals surface area contributed by atoms with Crippen molar-refractivity contribution in [3.63, 3.8) is 0 Å². The molecule has 2 rings (SSSR count). The van der Waals surface area contributed by atoms with Crippen molar-refractivity contribution in [2.24, 2.45) is 0 Å². The van der Waals surface area contributed by atoms with Gasteiger partial charge in [-0.1, -0.05) is 35.3 Å². The maximum atomic E-state index is 12.1. The number of carboxylic acid groups (broad SMARTS) is 1. The fourth-order valence-electron chi connectivity index (χ4n) is 2.40. The van der Waals surface area contributed by atoms with Gasteiger partial charge >= 0.3 is 5.97 Å². The van der Waals surface area contributed by atoms with E-state index in [4.69, 9.17) is 27.9 Å². The lowest BCUT2D eigenvalue weighted by molar-refractivity contribution is -0.141. The van der Waals surface area contributed by atoms with Crippen molar-refractivity contribution >= 4 is 40.8 Å². The van der Waals surface area contributed by atoms with Crippen LogP contribution < -0.4 is 15.4 Å². The molecule has 8 heteroatoms. The third-order valence-corrected chi connectivity index (χ3v) is 4.59. The average molecular weight is 411 g/mol. The van der Waals surface area contributed by atoms with E-state index >= 15 is 0 Å². The van der Waals surface area contributed by atoms with Crippen molar-refractivity contribution in [1.29, 1.82) is 0 Å². The molecule has 1 amide bonds. The second-order valence-electron chi connectivity index (χ2n) is 5.82. The Morgan fingerprint density at radius 3 is 2.41 bits per heavy atom. The Hall–Kier alpha value is -2.28. The number of rotatable bonds is 9. The van der Waals surface area contributed by atoms with Crippen LogP contribution in [0.2, 0.25) is 10.0 Å². The van der Waals surface area contributed by atoms with Gasteiger partial charge in [-0.25, -0.2) is 0 Å². The molecule has 0 radical (unpaired) electrons. The number of benzene rings is 2. The van der Waals surface area contributed by atoms with Crippen molar-refractivity contribution in [2.45, 2.75) is 18.9 Å². The van der Waals surface area contributed by atoms with E-state index in [-0.39, 0.29) is 6.42 Å². The summed E-state index contributed by atoms with van der Waals surface area (Å²) in [7, 11) is 1.59. The number of hydrogen-bond acceptors (Lipinski definition) is 4. The largest absolute Gasteiger partial charge is 0.497 e. The Balaban J connectivity index is 1.85. The lowest BCUT2D eigenvalue weighted by Gasteiger charge is -2.15. The first kappa shape index (κ1) is 21.0. The molecular weight excluding hydrogens is 391 g/mol. The molecule has 0 saturated carbocycles. The quantitative estimate of drug-likeness (QED) is 0.587. The number of hydrogen-bond donors (Lipinski definition) is 3. The lowest BCUT2D eigenvalue weighted by atomic mass is 10.1. The summed E-state index contributed by atoms with van der Waals surface area (Å²) in [5.74, 6) is -0.763. The fourth-order valence-corrected chi connectivity index (χ4v) is 2.70. The molecule has 0 aliphatic rings. The molecule has 0 heterocycles. The fraction of sp³-hybridized carbons (Fsp3) is 0.263. The molecule has 2 aromatic rings. The van der Waals surface area contributed by atoms with E-state index in [9.17, 15) is 14.7 Å². The molecule has 2 aromatic carbocycles. The minimum absolute atomic E-state index is 0.210. The van der Waals surface area contributed by atoms with Crippen LogP contribution >= 0.6 is 23.2 Å². The molecule has 0 fully saturated rings. The van der Waals surface area contributed by atoms with Crippen LogP contribution in [0.25, 0.3) is 0 Å². The van der Waals surface area contributed by atoms with Crippen molar-refractivity contribution in [3.05, 3.63) is 58.1 Å². The molecule has 0 saturated heterocycles. The normalized spacial score (nSPS) is 11.7. The van der Waals surface area contributed by atoms with Gasteiger partial charge in [0.2, 0.25) is 5.91 Å². The highest BCUT2D eigenvalue weighted by Crippen LogP contribution is 2.25. The number of amides is 1. The van der Waals surface area contributed by atoms with Gasteiger partial charge in [-0.15, -0.1) is 0 Å². The number of nitrogens with one attached hydrogen (secondary N) is 2. The number of carbonyl (C=O) groups excluding carboxylic acids is 1. The van der Waals surface area contributed by atoms with Crippen LogP contribution in [-0.4, -0.2) is 36.7 Å². The van der Waals surface area contributed by atoms with Crippen molar-refractivity contribution < 1.29 is 19.4 Å². The number of carboxylic acids is 1. The smallest absolute Gasteiger partial charge is 0.321 e. The molecule has 6 nitrogen and oxygen atoms in total. The first-order chi connectivity index (χ1) is 12.9. The molecule has 0 aromatic heterocycles. The van der Waals surface area contributed by atoms with Gasteiger partial charge in [0.1, 0.15) is 11.8 Å². The molecule has 3 N–H and O–H groups in total. The van der Waals surface area contributed by atoms with Crippen LogP contribution in [-0.2, 0) is 16.0 Å². The predicted octanol–water partition coefficient (Wildman–Crippen LogP) is 3.62. The Bertz CT molecular complexity index is 797. The summed E-state index contributed by atoms with van der Waals surface area (Å²) in [5.41, 5.74) is 1.49. The van der Waals surface area contributed by atoms with E-state index in [0.717, 1.165) is 11.3 Å². The van der Waals surface area contributed by atoms with E-state index in [0.29, 0.717) is 28.7 Å². The summed E-state index contributed by atoms with van der Waals surface area (Å²) in [6.45, 7) is 0.420. The number of halogens is 2. The second-order valence-corrected chi connectivity index (χ2v) is 6.64. The van der Waals surface area contributed by atoms with Crippen molar-refractivity contribution in [1.82, 2.24) is 5.32 Å². The number of anilines is 1. The standard InChI is InChI=1S/C19H20Cl2N2O4/c1-27-14-5-2-12(3-6-14)8-9-22-17(19(25)26)11-18(24)23-13-4-7-15(20)16(21)10-13/h2-7,10,17,22H,8-9,11H2,1H3,(H,23,24)(H,25,26). The molecule has 0 bridgehead atoms. The molecule has 0 aliphatic carbocycles. The summed E-state index contributed by atoms with van der Waals surface area (Å²) < 4.78 is 5.10. The van der Waals surface area contributed by atoms with Crippen LogP contribution in [0.15, 0.2) is 42.5 Å². The van der Waals surface area contributed by atoms with Crippen molar-refractivity contribution in [2.75, 3.05) is 19.0 Å². The Morgan fingerprint density at radius 1 is 1.11 bits per heavy atom. The summed E-state index contributed by atoms with van der Waals surface area (Å²) in [6.07, 6.45) is 0.417. The summed E-state index contributed by atoms with van der Waals surface area (Å²) >= 11 is 11.7. The summed E-state index contributed by atoms with van der Waals surface area (Å²) in [5, 5.41) is 15.5. The maximum absolute atomic E-state index is 12.1. The van der Waals surface area contributed by atoms with Gasteiger partial charge in [0.05, 0.1) is 23.6 Å². The zero-order valence-electron chi connectivity index (χ0n) is 14.7. The van der Waals surface area contributed by atoms with E-state index in [2.05, 4.69) is 10.6 Å². The predicted molar refractivity (Wildman–Crippen MR) is 106 cm³/mol. The van der Waals surface area contributed by atoms with Crippen molar-refractivity contribution in [3.8, 4) is 5.75 Å². The third kappa shape index (κ3) is 6.75. The van der Waals surface area contributed by atoms with E-state index in [1.165, 1.54) is 6.07 Å². The average Bonchev–Trinajstić information content (AvgIpc) is 2.64. The summed E-state index contributed by atoms with van der Waals surface area (Å²) in [6, 6.07) is 11.2. The first-order valence-electron chi connectivity index (χ1n) is 8.23. The van der Waals surface area contributed by atoms with Crippen LogP contribution in [0, 0.1) is 0 Å². The van der Waals surface area contributed by atoms with Crippen LogP contribution in [0.3, 0.4) is 0 Å². The molecule has 27 heavy (non-hydrogen) atoms. The zero-order chi connectivity index (χ0) is 19.8. The number of carbonyl (C=O) groups is 2. The minimum atomic E-state index is -1.09.